The van der Waals surface area contributed by atoms with Crippen LogP contribution in [0.25, 0.3) is 11.2 Å². The fourth-order valence-electron chi connectivity index (χ4n) is 4.14. The Morgan fingerprint density at radius 1 is 1.03 bits per heavy atom. The first kappa shape index (κ1) is 23.4. The number of alkyl halides is 1. The van der Waals surface area contributed by atoms with Crippen molar-refractivity contribution in [1.29, 1.82) is 0 Å². The third-order valence-corrected chi connectivity index (χ3v) is 5.95. The summed E-state index contributed by atoms with van der Waals surface area (Å²) in [6.07, 6.45) is -1.30. The van der Waals surface area contributed by atoms with Crippen LogP contribution in [0.15, 0.2) is 73.3 Å². The highest BCUT2D eigenvalue weighted by molar-refractivity contribution is 5.90. The summed E-state index contributed by atoms with van der Waals surface area (Å²) in [6, 6.07) is 16.5. The van der Waals surface area contributed by atoms with Gasteiger partial charge in [-0.05, 0) is 31.2 Å². The lowest BCUT2D eigenvalue weighted by molar-refractivity contribution is -0.0611. The predicted molar refractivity (Wildman–Crippen MR) is 126 cm³/mol. The van der Waals surface area contributed by atoms with E-state index in [0.717, 1.165) is 0 Å². The molecular formula is C25H22FN5O5. The number of nitrogens with zero attached hydrogens (tertiary/aromatic N) is 4. The molecule has 0 bridgehead atoms. The Bertz CT molecular complexity index is 1400. The van der Waals surface area contributed by atoms with Gasteiger partial charge in [0, 0.05) is 0 Å². The summed E-state index contributed by atoms with van der Waals surface area (Å²) in [5.41, 5.74) is 4.68. The van der Waals surface area contributed by atoms with Crippen LogP contribution in [0.5, 0.6) is 0 Å². The van der Waals surface area contributed by atoms with Crippen molar-refractivity contribution < 1.29 is 28.2 Å². The van der Waals surface area contributed by atoms with E-state index in [1.165, 1.54) is 24.1 Å². The fraction of sp³-hybridized carbons (Fsp3) is 0.240. The van der Waals surface area contributed by atoms with Crippen LogP contribution in [0.2, 0.25) is 0 Å². The normalized spacial score (nSPS) is 23.4. The van der Waals surface area contributed by atoms with E-state index in [1.807, 2.05) is 0 Å². The maximum atomic E-state index is 16.4. The van der Waals surface area contributed by atoms with E-state index in [9.17, 15) is 9.59 Å². The van der Waals surface area contributed by atoms with Gasteiger partial charge >= 0.3 is 11.9 Å². The summed E-state index contributed by atoms with van der Waals surface area (Å²) in [7, 11) is 0. The van der Waals surface area contributed by atoms with E-state index < -0.39 is 36.0 Å². The van der Waals surface area contributed by atoms with Crippen molar-refractivity contribution in [2.75, 3.05) is 12.3 Å². The highest BCUT2D eigenvalue weighted by atomic mass is 19.1. The molecule has 0 saturated carbocycles. The van der Waals surface area contributed by atoms with Crippen molar-refractivity contribution in [3.05, 3.63) is 84.4 Å². The Morgan fingerprint density at radius 2 is 1.67 bits per heavy atom. The summed E-state index contributed by atoms with van der Waals surface area (Å²) in [4.78, 5) is 37.6. The van der Waals surface area contributed by atoms with Gasteiger partial charge in [0.2, 0.25) is 0 Å². The number of fused-ring (bicyclic) bond motifs is 1. The summed E-state index contributed by atoms with van der Waals surface area (Å²) < 4.78 is 34.8. The standard InChI is InChI=1S/C25H22FN5O5/c1-25(26)19(36-23(33)16-10-6-3-7-11-16)17(12-34-22(32)15-8-4-2-5-9-15)35-24(25)31-14-30-18-20(27)28-13-29-21(18)31/h2-11,13-14,17,19,24H,12H2,1H3,(H2,27,28,29)/t17-,19-,24-,25-/m1/s1. The number of carbonyl (C=O) groups is 2. The largest absolute Gasteiger partial charge is 0.459 e. The van der Waals surface area contributed by atoms with Crippen molar-refractivity contribution in [1.82, 2.24) is 19.5 Å². The molecule has 11 heteroatoms. The molecule has 2 N–H and O–H groups in total. The van der Waals surface area contributed by atoms with Crippen LogP contribution in [0.3, 0.4) is 0 Å². The number of esters is 2. The number of carbonyl (C=O) groups excluding carboxylic acids is 2. The molecule has 0 amide bonds. The summed E-state index contributed by atoms with van der Waals surface area (Å²) in [5.74, 6) is -1.24. The van der Waals surface area contributed by atoms with Gasteiger partial charge in [-0.25, -0.2) is 28.9 Å². The summed E-state index contributed by atoms with van der Waals surface area (Å²) >= 11 is 0. The smallest absolute Gasteiger partial charge is 0.338 e. The minimum Gasteiger partial charge on any atom is -0.459 e. The molecule has 1 saturated heterocycles. The van der Waals surface area contributed by atoms with Crippen LogP contribution < -0.4 is 5.73 Å². The highest BCUT2D eigenvalue weighted by Gasteiger charge is 2.58. The van der Waals surface area contributed by atoms with Gasteiger partial charge in [0.25, 0.3) is 0 Å². The number of halogens is 1. The van der Waals surface area contributed by atoms with Crippen LogP contribution >= 0.6 is 0 Å². The van der Waals surface area contributed by atoms with Gasteiger partial charge in [-0.1, -0.05) is 36.4 Å². The molecular weight excluding hydrogens is 469 g/mol. The van der Waals surface area contributed by atoms with Gasteiger partial charge in [0.15, 0.2) is 29.5 Å². The molecule has 0 aliphatic carbocycles. The lowest BCUT2D eigenvalue weighted by Crippen LogP contribution is -2.44. The average molecular weight is 491 g/mol. The quantitative estimate of drug-likeness (QED) is 0.404. The zero-order valence-corrected chi connectivity index (χ0v) is 19.2. The van der Waals surface area contributed by atoms with Crippen molar-refractivity contribution in [2.24, 2.45) is 0 Å². The van der Waals surface area contributed by atoms with Crippen LogP contribution in [0.1, 0.15) is 33.9 Å². The number of hydrogen-bond acceptors (Lipinski definition) is 9. The number of imidazole rings is 1. The molecule has 1 fully saturated rings. The molecule has 10 nitrogen and oxygen atoms in total. The second-order valence-corrected chi connectivity index (χ2v) is 8.42. The zero-order chi connectivity index (χ0) is 25.3. The van der Waals surface area contributed by atoms with Crippen LogP contribution in [0.4, 0.5) is 10.2 Å². The van der Waals surface area contributed by atoms with Gasteiger partial charge in [-0.2, -0.15) is 0 Å². The Labute approximate surface area is 204 Å². The van der Waals surface area contributed by atoms with Crippen LogP contribution in [0, 0.1) is 0 Å². The molecule has 1 aliphatic rings. The van der Waals surface area contributed by atoms with E-state index >= 15 is 4.39 Å². The van der Waals surface area contributed by atoms with Crippen molar-refractivity contribution in [3.8, 4) is 0 Å². The first-order valence-electron chi connectivity index (χ1n) is 11.1. The molecule has 4 atom stereocenters. The monoisotopic (exact) mass is 491 g/mol. The molecule has 3 heterocycles. The summed E-state index contributed by atoms with van der Waals surface area (Å²) in [5, 5.41) is 0. The number of ether oxygens (including phenoxy) is 3. The Hall–Kier alpha value is -4.38. The average Bonchev–Trinajstić information content (AvgIpc) is 3.42. The third kappa shape index (κ3) is 4.24. The van der Waals surface area contributed by atoms with Gasteiger partial charge in [0.1, 0.15) is 24.6 Å². The fourth-order valence-corrected chi connectivity index (χ4v) is 4.14. The van der Waals surface area contributed by atoms with E-state index in [2.05, 4.69) is 15.0 Å². The van der Waals surface area contributed by atoms with E-state index in [-0.39, 0.29) is 29.2 Å². The van der Waals surface area contributed by atoms with Gasteiger partial charge in [-0.3, -0.25) is 4.57 Å². The number of nitrogen functional groups attached to an aromatic ring is 1. The number of aromatic nitrogens is 4. The first-order chi connectivity index (χ1) is 17.4. The van der Waals surface area contributed by atoms with Crippen LogP contribution in [-0.2, 0) is 14.2 Å². The van der Waals surface area contributed by atoms with Crippen molar-refractivity contribution in [2.45, 2.75) is 31.0 Å². The topological polar surface area (TPSA) is 131 Å². The lowest BCUT2D eigenvalue weighted by Gasteiger charge is -2.27. The lowest BCUT2D eigenvalue weighted by atomic mass is 9.98. The van der Waals surface area contributed by atoms with Crippen LogP contribution in [-0.4, -0.2) is 55.9 Å². The second kappa shape index (κ2) is 9.34. The number of nitrogens with two attached hydrogens (primary N) is 1. The molecule has 36 heavy (non-hydrogen) atoms. The molecule has 5 rings (SSSR count). The second-order valence-electron chi connectivity index (χ2n) is 8.42. The van der Waals surface area contributed by atoms with Gasteiger partial charge in [0.05, 0.1) is 17.5 Å². The maximum absolute atomic E-state index is 16.4. The van der Waals surface area contributed by atoms with E-state index in [4.69, 9.17) is 19.9 Å². The molecule has 2 aromatic heterocycles. The maximum Gasteiger partial charge on any atom is 0.338 e. The summed E-state index contributed by atoms with van der Waals surface area (Å²) in [6.45, 7) is 0.885. The first-order valence-corrected chi connectivity index (χ1v) is 11.1. The minimum atomic E-state index is -2.26. The number of anilines is 1. The number of rotatable bonds is 6. The Balaban J connectivity index is 1.45. The van der Waals surface area contributed by atoms with Crippen molar-refractivity contribution >= 4 is 28.9 Å². The number of benzene rings is 2. The molecule has 0 unspecified atom stereocenters. The van der Waals surface area contributed by atoms with E-state index in [0.29, 0.717) is 5.56 Å². The molecule has 2 aromatic carbocycles. The van der Waals surface area contributed by atoms with Gasteiger partial charge < -0.3 is 19.9 Å². The SMILES string of the molecule is C[C@@]1(F)[C@H](OC(=O)c2ccccc2)[C@@H](COC(=O)c2ccccc2)O[C@H]1n1cnc2c(N)ncnc21. The number of hydrogen-bond donors (Lipinski definition) is 1. The molecule has 4 aromatic rings. The zero-order valence-electron chi connectivity index (χ0n) is 19.2. The van der Waals surface area contributed by atoms with E-state index in [1.54, 1.807) is 60.7 Å². The third-order valence-electron chi connectivity index (χ3n) is 5.95. The van der Waals surface area contributed by atoms with Gasteiger partial charge in [-0.15, -0.1) is 0 Å². The predicted octanol–water partition coefficient (Wildman–Crippen LogP) is 3.12. The molecule has 184 valence electrons. The molecule has 0 radical (unpaired) electrons. The highest BCUT2D eigenvalue weighted by Crippen LogP contribution is 2.44. The Kier molecular flexibility index (Phi) is 6.06. The van der Waals surface area contributed by atoms with Crippen molar-refractivity contribution in [3.63, 3.8) is 0 Å². The Morgan fingerprint density at radius 3 is 2.33 bits per heavy atom. The minimum absolute atomic E-state index is 0.123. The molecule has 1 aliphatic heterocycles. The molecule has 0 spiro atoms.